The molecular formula is C11H16N4. The monoisotopic (exact) mass is 204 g/mol. The van der Waals surface area contributed by atoms with Crippen LogP contribution in [-0.4, -0.2) is 21.1 Å². The summed E-state index contributed by atoms with van der Waals surface area (Å²) in [5.74, 6) is 1.50. The van der Waals surface area contributed by atoms with Gasteiger partial charge >= 0.3 is 0 Å². The van der Waals surface area contributed by atoms with Gasteiger partial charge in [0.2, 0.25) is 0 Å². The highest BCUT2D eigenvalue weighted by atomic mass is 15.2. The molecule has 0 aliphatic rings. The molecule has 4 nitrogen and oxygen atoms in total. The minimum atomic E-state index is 0.498. The number of nitrogens with two attached hydrogens (primary N) is 1. The quantitative estimate of drug-likeness (QED) is 0.815. The molecule has 1 atom stereocenters. The van der Waals surface area contributed by atoms with Crippen LogP contribution in [0.2, 0.25) is 0 Å². The molecule has 2 N–H and O–H groups in total. The Balaban J connectivity index is 2.28. The van der Waals surface area contributed by atoms with Crippen LogP contribution in [0.5, 0.6) is 0 Å². The van der Waals surface area contributed by atoms with Crippen molar-refractivity contribution in [2.75, 3.05) is 6.54 Å². The minimum Gasteiger partial charge on any atom is -0.330 e. The van der Waals surface area contributed by atoms with Crippen LogP contribution in [0, 0.1) is 5.92 Å². The smallest absolute Gasteiger partial charge is 0.160 e. The zero-order valence-corrected chi connectivity index (χ0v) is 8.93. The van der Waals surface area contributed by atoms with E-state index >= 15 is 0 Å². The zero-order valence-electron chi connectivity index (χ0n) is 8.93. The largest absolute Gasteiger partial charge is 0.330 e. The van der Waals surface area contributed by atoms with Crippen molar-refractivity contribution in [2.24, 2.45) is 11.7 Å². The third kappa shape index (κ3) is 1.99. The van der Waals surface area contributed by atoms with Crippen molar-refractivity contribution in [1.82, 2.24) is 14.6 Å². The lowest BCUT2D eigenvalue weighted by Crippen LogP contribution is -2.17. The molecule has 0 amide bonds. The van der Waals surface area contributed by atoms with Gasteiger partial charge in [-0.05, 0) is 24.6 Å². The minimum absolute atomic E-state index is 0.498. The highest BCUT2D eigenvalue weighted by molar-refractivity contribution is 5.37. The molecule has 2 rings (SSSR count). The van der Waals surface area contributed by atoms with E-state index in [4.69, 9.17) is 5.73 Å². The van der Waals surface area contributed by atoms with Crippen LogP contribution in [0.15, 0.2) is 24.4 Å². The number of hydrogen-bond donors (Lipinski definition) is 1. The summed E-state index contributed by atoms with van der Waals surface area (Å²) in [6.07, 6.45) is 3.98. The SMILES string of the molecule is CCC(CN)Cc1nnc2ccccn12. The first kappa shape index (κ1) is 10.1. The van der Waals surface area contributed by atoms with Crippen molar-refractivity contribution in [1.29, 1.82) is 0 Å². The first-order valence-corrected chi connectivity index (χ1v) is 5.33. The van der Waals surface area contributed by atoms with Gasteiger partial charge in [-0.15, -0.1) is 10.2 Å². The molecular weight excluding hydrogens is 188 g/mol. The van der Waals surface area contributed by atoms with Crippen LogP contribution in [0.4, 0.5) is 0 Å². The Hall–Kier alpha value is -1.42. The number of aromatic nitrogens is 3. The maximum atomic E-state index is 5.69. The van der Waals surface area contributed by atoms with E-state index in [1.54, 1.807) is 0 Å². The summed E-state index contributed by atoms with van der Waals surface area (Å²) >= 11 is 0. The normalized spacial score (nSPS) is 13.2. The van der Waals surface area contributed by atoms with E-state index in [0.717, 1.165) is 24.3 Å². The highest BCUT2D eigenvalue weighted by Crippen LogP contribution is 2.10. The van der Waals surface area contributed by atoms with E-state index in [-0.39, 0.29) is 0 Å². The van der Waals surface area contributed by atoms with Crippen molar-refractivity contribution in [2.45, 2.75) is 19.8 Å². The van der Waals surface area contributed by atoms with Gasteiger partial charge in [-0.25, -0.2) is 0 Å². The third-order valence-corrected chi connectivity index (χ3v) is 2.77. The van der Waals surface area contributed by atoms with E-state index < -0.39 is 0 Å². The van der Waals surface area contributed by atoms with Gasteiger partial charge in [0.25, 0.3) is 0 Å². The van der Waals surface area contributed by atoms with Crippen LogP contribution < -0.4 is 5.73 Å². The van der Waals surface area contributed by atoms with Crippen molar-refractivity contribution < 1.29 is 0 Å². The molecule has 0 radical (unpaired) electrons. The molecule has 0 fully saturated rings. The van der Waals surface area contributed by atoms with E-state index in [2.05, 4.69) is 17.1 Å². The zero-order chi connectivity index (χ0) is 10.7. The van der Waals surface area contributed by atoms with Gasteiger partial charge in [-0.2, -0.15) is 0 Å². The molecule has 2 heterocycles. The van der Waals surface area contributed by atoms with E-state index in [1.807, 2.05) is 28.8 Å². The molecule has 0 aliphatic heterocycles. The van der Waals surface area contributed by atoms with Gasteiger partial charge in [0.1, 0.15) is 5.82 Å². The first-order valence-electron chi connectivity index (χ1n) is 5.33. The Labute approximate surface area is 89.1 Å². The summed E-state index contributed by atoms with van der Waals surface area (Å²) in [7, 11) is 0. The van der Waals surface area contributed by atoms with Crippen molar-refractivity contribution in [3.05, 3.63) is 30.2 Å². The number of fused-ring (bicyclic) bond motifs is 1. The predicted molar refractivity (Wildman–Crippen MR) is 59.5 cm³/mol. The fraction of sp³-hybridized carbons (Fsp3) is 0.455. The fourth-order valence-electron chi connectivity index (χ4n) is 1.68. The third-order valence-electron chi connectivity index (χ3n) is 2.77. The van der Waals surface area contributed by atoms with E-state index in [0.29, 0.717) is 12.5 Å². The molecule has 1 unspecified atom stereocenters. The van der Waals surface area contributed by atoms with Gasteiger partial charge in [-0.1, -0.05) is 19.4 Å². The number of nitrogens with zero attached hydrogens (tertiary/aromatic N) is 3. The Morgan fingerprint density at radius 2 is 2.27 bits per heavy atom. The molecule has 0 saturated carbocycles. The molecule has 0 saturated heterocycles. The molecule has 0 bridgehead atoms. The topological polar surface area (TPSA) is 56.2 Å². The Bertz CT molecular complexity index is 431. The molecule has 0 aromatic carbocycles. The lowest BCUT2D eigenvalue weighted by atomic mass is 10.0. The second-order valence-electron chi connectivity index (χ2n) is 3.76. The van der Waals surface area contributed by atoms with Gasteiger partial charge in [0.05, 0.1) is 0 Å². The van der Waals surface area contributed by atoms with E-state index in [9.17, 15) is 0 Å². The summed E-state index contributed by atoms with van der Waals surface area (Å²) in [5.41, 5.74) is 6.59. The molecule has 15 heavy (non-hydrogen) atoms. The van der Waals surface area contributed by atoms with Crippen LogP contribution in [0.1, 0.15) is 19.2 Å². The summed E-state index contributed by atoms with van der Waals surface area (Å²) in [5, 5.41) is 8.30. The van der Waals surface area contributed by atoms with E-state index in [1.165, 1.54) is 0 Å². The summed E-state index contributed by atoms with van der Waals surface area (Å²) in [6.45, 7) is 2.86. The van der Waals surface area contributed by atoms with Crippen LogP contribution >= 0.6 is 0 Å². The first-order chi connectivity index (χ1) is 7.35. The molecule has 0 spiro atoms. The predicted octanol–water partition coefficient (Wildman–Crippen LogP) is 1.26. The summed E-state index contributed by atoms with van der Waals surface area (Å²) < 4.78 is 2.03. The van der Waals surface area contributed by atoms with Gasteiger partial charge < -0.3 is 5.73 Å². The molecule has 2 aromatic heterocycles. The Kier molecular flexibility index (Phi) is 2.97. The molecule has 2 aromatic rings. The maximum absolute atomic E-state index is 5.69. The standard InChI is InChI=1S/C11H16N4/c1-2-9(8-12)7-11-14-13-10-5-3-4-6-15(10)11/h3-6,9H,2,7-8,12H2,1H3. The number of hydrogen-bond acceptors (Lipinski definition) is 3. The fourth-order valence-corrected chi connectivity index (χ4v) is 1.68. The average Bonchev–Trinajstić information content (AvgIpc) is 2.69. The lowest BCUT2D eigenvalue weighted by Gasteiger charge is -2.09. The second kappa shape index (κ2) is 4.40. The molecule has 4 heteroatoms. The van der Waals surface area contributed by atoms with Gasteiger partial charge in [-0.3, -0.25) is 4.40 Å². The second-order valence-corrected chi connectivity index (χ2v) is 3.76. The molecule has 0 aliphatic carbocycles. The van der Waals surface area contributed by atoms with Crippen LogP contribution in [0.25, 0.3) is 5.65 Å². The van der Waals surface area contributed by atoms with Crippen molar-refractivity contribution in [3.63, 3.8) is 0 Å². The van der Waals surface area contributed by atoms with Crippen LogP contribution in [-0.2, 0) is 6.42 Å². The van der Waals surface area contributed by atoms with Crippen molar-refractivity contribution in [3.8, 4) is 0 Å². The summed E-state index contributed by atoms with van der Waals surface area (Å²) in [4.78, 5) is 0. The number of rotatable bonds is 4. The number of pyridine rings is 1. The summed E-state index contributed by atoms with van der Waals surface area (Å²) in [6, 6.07) is 5.91. The Morgan fingerprint density at radius 3 is 3.00 bits per heavy atom. The van der Waals surface area contributed by atoms with Gasteiger partial charge in [0.15, 0.2) is 5.65 Å². The highest BCUT2D eigenvalue weighted by Gasteiger charge is 2.10. The Morgan fingerprint density at radius 1 is 1.40 bits per heavy atom. The average molecular weight is 204 g/mol. The molecule has 80 valence electrons. The van der Waals surface area contributed by atoms with Crippen LogP contribution in [0.3, 0.4) is 0 Å². The van der Waals surface area contributed by atoms with Gasteiger partial charge in [0, 0.05) is 12.6 Å². The maximum Gasteiger partial charge on any atom is 0.160 e. The van der Waals surface area contributed by atoms with Crippen molar-refractivity contribution >= 4 is 5.65 Å². The lowest BCUT2D eigenvalue weighted by molar-refractivity contribution is 0.503.